The molecular weight excluding hydrogens is 343 g/mol. The highest BCUT2D eigenvalue weighted by Crippen LogP contribution is 2.33. The van der Waals surface area contributed by atoms with Crippen LogP contribution in [-0.4, -0.2) is 38.8 Å². The molecule has 142 valence electrons. The minimum Gasteiger partial charge on any atom is -0.378 e. The Kier molecular flexibility index (Phi) is 5.39. The minimum absolute atomic E-state index is 0.129. The number of hydrogen-bond donors (Lipinski definition) is 0. The van der Waals surface area contributed by atoms with E-state index >= 15 is 0 Å². The summed E-state index contributed by atoms with van der Waals surface area (Å²) in [5, 5.41) is 0. The predicted molar refractivity (Wildman–Crippen MR) is 105 cm³/mol. The number of benzene rings is 2. The molecule has 0 aliphatic carbocycles. The molecule has 2 aliphatic heterocycles. The molecule has 2 aromatic carbocycles. The molecule has 0 aromatic heterocycles. The number of nitrogens with zero attached hydrogens (tertiary/aromatic N) is 2. The summed E-state index contributed by atoms with van der Waals surface area (Å²) in [7, 11) is 0. The first-order valence-corrected chi connectivity index (χ1v) is 9.72. The van der Waals surface area contributed by atoms with Crippen LogP contribution < -0.4 is 9.80 Å². The largest absolute Gasteiger partial charge is 0.378 e. The number of aryl methyl sites for hydroxylation is 1. The molecule has 0 spiro atoms. The van der Waals surface area contributed by atoms with Gasteiger partial charge in [-0.2, -0.15) is 0 Å². The molecular formula is C22H25FN2O2. The summed E-state index contributed by atoms with van der Waals surface area (Å²) in [6.45, 7) is 4.00. The van der Waals surface area contributed by atoms with Crippen molar-refractivity contribution in [2.45, 2.75) is 25.7 Å². The summed E-state index contributed by atoms with van der Waals surface area (Å²) in [6.07, 6.45) is 2.59. The van der Waals surface area contributed by atoms with Gasteiger partial charge in [0.15, 0.2) is 0 Å². The Labute approximate surface area is 159 Å². The Morgan fingerprint density at radius 1 is 1.07 bits per heavy atom. The smallest absolute Gasteiger partial charge is 0.227 e. The Hall–Kier alpha value is -2.40. The van der Waals surface area contributed by atoms with Crippen molar-refractivity contribution in [3.05, 3.63) is 59.4 Å². The molecule has 0 N–H and O–H groups in total. The molecule has 0 saturated carbocycles. The van der Waals surface area contributed by atoms with Crippen molar-refractivity contribution in [3.63, 3.8) is 0 Å². The van der Waals surface area contributed by atoms with Crippen molar-refractivity contribution in [2.75, 3.05) is 42.6 Å². The molecule has 5 heteroatoms. The Balaban J connectivity index is 1.40. The molecule has 0 atom stereocenters. The van der Waals surface area contributed by atoms with Gasteiger partial charge in [0.05, 0.1) is 13.2 Å². The van der Waals surface area contributed by atoms with Gasteiger partial charge in [-0.15, -0.1) is 0 Å². The normalized spacial score (nSPS) is 16.5. The van der Waals surface area contributed by atoms with Gasteiger partial charge >= 0.3 is 0 Å². The van der Waals surface area contributed by atoms with Gasteiger partial charge in [-0.25, -0.2) is 4.39 Å². The lowest BCUT2D eigenvalue weighted by atomic mass is 10.1. The van der Waals surface area contributed by atoms with Gasteiger partial charge in [-0.1, -0.05) is 24.3 Å². The molecule has 1 fully saturated rings. The zero-order valence-corrected chi connectivity index (χ0v) is 15.5. The lowest BCUT2D eigenvalue weighted by Crippen LogP contribution is -2.36. The molecule has 1 saturated heterocycles. The molecule has 2 aliphatic rings. The highest BCUT2D eigenvalue weighted by Gasteiger charge is 2.25. The van der Waals surface area contributed by atoms with E-state index in [9.17, 15) is 9.18 Å². The van der Waals surface area contributed by atoms with Crippen LogP contribution in [-0.2, 0) is 22.4 Å². The molecule has 2 heterocycles. The second-order valence-electron chi connectivity index (χ2n) is 7.15. The number of amides is 1. The van der Waals surface area contributed by atoms with Crippen molar-refractivity contribution < 1.29 is 13.9 Å². The quantitative estimate of drug-likeness (QED) is 0.809. The molecule has 4 rings (SSSR count). The highest BCUT2D eigenvalue weighted by atomic mass is 19.1. The average molecular weight is 368 g/mol. The third-order valence-corrected chi connectivity index (χ3v) is 5.44. The fourth-order valence-corrected chi connectivity index (χ4v) is 3.91. The Morgan fingerprint density at radius 2 is 1.89 bits per heavy atom. The van der Waals surface area contributed by atoms with Gasteiger partial charge in [0.2, 0.25) is 5.91 Å². The van der Waals surface area contributed by atoms with Crippen LogP contribution >= 0.6 is 0 Å². The molecule has 2 aromatic rings. The standard InChI is InChI=1S/C22H25FN2O2/c23-20-6-2-1-4-17(20)5-3-7-22(26)25-11-10-18-8-9-19(16-21(18)25)24-12-14-27-15-13-24/h1-2,4,6,8-9,16H,3,5,7,10-15H2. The second kappa shape index (κ2) is 8.09. The Morgan fingerprint density at radius 3 is 2.70 bits per heavy atom. The zero-order chi connectivity index (χ0) is 18.6. The van der Waals surface area contributed by atoms with Crippen LogP contribution in [0.3, 0.4) is 0 Å². The van der Waals surface area contributed by atoms with Crippen LogP contribution in [0.15, 0.2) is 42.5 Å². The second-order valence-corrected chi connectivity index (χ2v) is 7.15. The molecule has 4 nitrogen and oxygen atoms in total. The summed E-state index contributed by atoms with van der Waals surface area (Å²) in [4.78, 5) is 17.0. The van der Waals surface area contributed by atoms with E-state index in [-0.39, 0.29) is 11.7 Å². The maximum absolute atomic E-state index is 13.7. The van der Waals surface area contributed by atoms with Crippen LogP contribution in [0.2, 0.25) is 0 Å². The van der Waals surface area contributed by atoms with Crippen molar-refractivity contribution in [1.82, 2.24) is 0 Å². The van der Waals surface area contributed by atoms with Gasteiger partial charge in [-0.05, 0) is 48.6 Å². The van der Waals surface area contributed by atoms with E-state index in [0.717, 1.165) is 50.6 Å². The van der Waals surface area contributed by atoms with Gasteiger partial charge in [0.1, 0.15) is 5.82 Å². The predicted octanol–water partition coefficient (Wildman–Crippen LogP) is 3.57. The average Bonchev–Trinajstić information content (AvgIpc) is 3.13. The summed E-state index contributed by atoms with van der Waals surface area (Å²) < 4.78 is 19.2. The van der Waals surface area contributed by atoms with E-state index in [2.05, 4.69) is 23.1 Å². The first kappa shape index (κ1) is 18.0. The van der Waals surface area contributed by atoms with E-state index in [1.807, 2.05) is 11.0 Å². The molecule has 1 amide bonds. The fourth-order valence-electron chi connectivity index (χ4n) is 3.91. The van der Waals surface area contributed by atoms with Crippen LogP contribution in [0.5, 0.6) is 0 Å². The zero-order valence-electron chi connectivity index (χ0n) is 15.5. The fraction of sp³-hybridized carbons (Fsp3) is 0.409. The van der Waals surface area contributed by atoms with E-state index < -0.39 is 0 Å². The van der Waals surface area contributed by atoms with Crippen molar-refractivity contribution in [3.8, 4) is 0 Å². The van der Waals surface area contributed by atoms with Gasteiger partial charge in [0, 0.05) is 37.4 Å². The highest BCUT2D eigenvalue weighted by molar-refractivity contribution is 5.96. The minimum atomic E-state index is -0.188. The number of anilines is 2. The lowest BCUT2D eigenvalue weighted by Gasteiger charge is -2.29. The summed E-state index contributed by atoms with van der Waals surface area (Å²) >= 11 is 0. The topological polar surface area (TPSA) is 32.8 Å². The number of fused-ring (bicyclic) bond motifs is 1. The van der Waals surface area contributed by atoms with Crippen LogP contribution in [0, 0.1) is 5.82 Å². The summed E-state index contributed by atoms with van der Waals surface area (Å²) in [5.41, 5.74) is 4.11. The van der Waals surface area contributed by atoms with Crippen molar-refractivity contribution in [1.29, 1.82) is 0 Å². The van der Waals surface area contributed by atoms with Crippen LogP contribution in [0.4, 0.5) is 15.8 Å². The van der Waals surface area contributed by atoms with E-state index in [4.69, 9.17) is 4.74 Å². The van der Waals surface area contributed by atoms with E-state index in [1.165, 1.54) is 11.6 Å². The summed E-state index contributed by atoms with van der Waals surface area (Å²) in [5.74, 6) is -0.0594. The van der Waals surface area contributed by atoms with Crippen LogP contribution in [0.1, 0.15) is 24.0 Å². The molecule has 0 bridgehead atoms. The number of halogens is 1. The van der Waals surface area contributed by atoms with Crippen LogP contribution in [0.25, 0.3) is 0 Å². The first-order valence-electron chi connectivity index (χ1n) is 9.72. The van der Waals surface area contributed by atoms with E-state index in [1.54, 1.807) is 12.1 Å². The van der Waals surface area contributed by atoms with Crippen molar-refractivity contribution in [2.24, 2.45) is 0 Å². The van der Waals surface area contributed by atoms with Gasteiger partial charge < -0.3 is 14.5 Å². The Bertz CT molecular complexity index is 818. The molecule has 27 heavy (non-hydrogen) atoms. The number of hydrogen-bond acceptors (Lipinski definition) is 3. The third-order valence-electron chi connectivity index (χ3n) is 5.44. The van der Waals surface area contributed by atoms with Crippen molar-refractivity contribution >= 4 is 17.3 Å². The molecule has 0 radical (unpaired) electrons. The number of carbonyl (C=O) groups is 1. The monoisotopic (exact) mass is 368 g/mol. The maximum Gasteiger partial charge on any atom is 0.227 e. The maximum atomic E-state index is 13.7. The lowest BCUT2D eigenvalue weighted by molar-refractivity contribution is -0.118. The van der Waals surface area contributed by atoms with Gasteiger partial charge in [0.25, 0.3) is 0 Å². The van der Waals surface area contributed by atoms with E-state index in [0.29, 0.717) is 24.8 Å². The number of carbonyl (C=O) groups excluding carboxylic acids is 1. The van der Waals surface area contributed by atoms with Gasteiger partial charge in [-0.3, -0.25) is 4.79 Å². The number of morpholine rings is 1. The summed E-state index contributed by atoms with van der Waals surface area (Å²) in [6, 6.07) is 13.2. The third kappa shape index (κ3) is 3.98. The number of ether oxygens (including phenoxy) is 1. The first-order chi connectivity index (χ1) is 13.2. The molecule has 0 unspecified atom stereocenters. The number of rotatable bonds is 5. The SMILES string of the molecule is O=C(CCCc1ccccc1F)N1CCc2ccc(N3CCOCC3)cc21.